The number of likely N-dealkylation sites (N-methyl/N-ethyl adjacent to an activating group) is 1. The third kappa shape index (κ3) is 5.53. The number of amides is 1. The summed E-state index contributed by atoms with van der Waals surface area (Å²) in [5.41, 5.74) is 0. The molecular weight excluding hydrogens is 366 g/mol. The predicted octanol–water partition coefficient (Wildman–Crippen LogP) is 2.62. The molecule has 2 unspecified atom stereocenters. The van der Waals surface area contributed by atoms with Crippen LogP contribution in [0, 0.1) is 5.92 Å². The number of hydrogen-bond acceptors (Lipinski definition) is 4. The zero-order valence-electron chi connectivity index (χ0n) is 18.2. The number of aliphatic imine (C=N–C) groups is 1. The number of hydrogen-bond donors (Lipinski definition) is 2. The van der Waals surface area contributed by atoms with E-state index < -0.39 is 0 Å². The Balaban J connectivity index is 1.51. The summed E-state index contributed by atoms with van der Waals surface area (Å²) in [6.45, 7) is 8.58. The fraction of sp³-hybridized carbons (Fsp3) is 0.727. The van der Waals surface area contributed by atoms with Crippen LogP contribution in [0.4, 0.5) is 0 Å². The lowest BCUT2D eigenvalue weighted by molar-refractivity contribution is -0.134. The van der Waals surface area contributed by atoms with Gasteiger partial charge in [-0.25, -0.2) is 0 Å². The number of nitrogens with one attached hydrogen (secondary N) is 2. The Hall–Kier alpha value is -2.02. The summed E-state index contributed by atoms with van der Waals surface area (Å²) >= 11 is 0. The zero-order chi connectivity index (χ0) is 20.6. The van der Waals surface area contributed by atoms with E-state index in [1.165, 1.54) is 12.8 Å². The molecule has 1 saturated carbocycles. The highest BCUT2D eigenvalue weighted by molar-refractivity contribution is 5.81. The number of rotatable bonds is 8. The largest absolute Gasteiger partial charge is 0.468 e. The van der Waals surface area contributed by atoms with Gasteiger partial charge in [-0.3, -0.25) is 14.7 Å². The molecule has 2 fully saturated rings. The van der Waals surface area contributed by atoms with Crippen molar-refractivity contribution in [2.24, 2.45) is 10.9 Å². The van der Waals surface area contributed by atoms with Gasteiger partial charge in [-0.05, 0) is 44.5 Å². The molecule has 29 heavy (non-hydrogen) atoms. The first-order valence-corrected chi connectivity index (χ1v) is 11.2. The normalized spacial score (nSPS) is 21.7. The Kier molecular flexibility index (Phi) is 7.98. The maximum absolute atomic E-state index is 12.7. The van der Waals surface area contributed by atoms with Gasteiger partial charge >= 0.3 is 0 Å². The minimum atomic E-state index is 0.155. The fourth-order valence-corrected chi connectivity index (χ4v) is 4.65. The van der Waals surface area contributed by atoms with Gasteiger partial charge in [-0.2, -0.15) is 0 Å². The molecule has 0 radical (unpaired) electrons. The monoisotopic (exact) mass is 403 g/mol. The van der Waals surface area contributed by atoms with Gasteiger partial charge in [-0.15, -0.1) is 0 Å². The molecule has 0 bridgehead atoms. The number of carbonyl (C=O) groups is 1. The van der Waals surface area contributed by atoms with E-state index in [9.17, 15) is 4.79 Å². The highest BCUT2D eigenvalue weighted by atomic mass is 16.3. The van der Waals surface area contributed by atoms with E-state index in [1.807, 2.05) is 17.0 Å². The lowest BCUT2D eigenvalue weighted by Gasteiger charge is -2.29. The standard InChI is InChI=1S/C22H37N5O2/c1-4-26(5-2)19(20-11-8-14-29-20)15-24-22(23-3)25-18-12-13-27(16-18)21(28)17-9-6-7-10-17/h8,11,14,17-19H,4-7,9-10,12-13,15-16H2,1-3H3,(H2,23,24,25). The Morgan fingerprint density at radius 3 is 2.69 bits per heavy atom. The number of guanidine groups is 1. The van der Waals surface area contributed by atoms with Crippen LogP contribution >= 0.6 is 0 Å². The summed E-state index contributed by atoms with van der Waals surface area (Å²) in [7, 11) is 1.80. The molecule has 0 aromatic carbocycles. The van der Waals surface area contributed by atoms with E-state index in [1.54, 1.807) is 13.3 Å². The first-order chi connectivity index (χ1) is 14.2. The Labute approximate surface area is 174 Å². The molecule has 1 saturated heterocycles. The van der Waals surface area contributed by atoms with Crippen molar-refractivity contribution in [3.63, 3.8) is 0 Å². The molecule has 1 aliphatic heterocycles. The average molecular weight is 404 g/mol. The van der Waals surface area contributed by atoms with Crippen LogP contribution in [0.15, 0.2) is 27.8 Å². The topological polar surface area (TPSA) is 73.1 Å². The van der Waals surface area contributed by atoms with Crippen molar-refractivity contribution in [3.8, 4) is 0 Å². The lowest BCUT2D eigenvalue weighted by atomic mass is 10.1. The second kappa shape index (κ2) is 10.7. The first-order valence-electron chi connectivity index (χ1n) is 11.2. The van der Waals surface area contributed by atoms with Crippen molar-refractivity contribution >= 4 is 11.9 Å². The summed E-state index contributed by atoms with van der Waals surface area (Å²) in [6, 6.07) is 4.38. The lowest BCUT2D eigenvalue weighted by Crippen LogP contribution is -2.47. The Morgan fingerprint density at radius 1 is 1.31 bits per heavy atom. The molecule has 1 amide bonds. The van der Waals surface area contributed by atoms with Gasteiger partial charge in [0.2, 0.25) is 5.91 Å². The number of likely N-dealkylation sites (tertiary alicyclic amines) is 1. The van der Waals surface area contributed by atoms with Crippen LogP contribution in [-0.4, -0.2) is 67.5 Å². The van der Waals surface area contributed by atoms with E-state index in [4.69, 9.17) is 4.42 Å². The summed E-state index contributed by atoms with van der Waals surface area (Å²) in [4.78, 5) is 21.5. The molecule has 1 aromatic rings. The third-order valence-electron chi connectivity index (χ3n) is 6.36. The molecule has 2 atom stereocenters. The van der Waals surface area contributed by atoms with Gasteiger partial charge in [0.15, 0.2) is 5.96 Å². The molecular formula is C22H37N5O2. The van der Waals surface area contributed by atoms with E-state index >= 15 is 0 Å². The molecule has 7 heteroatoms. The zero-order valence-corrected chi connectivity index (χ0v) is 18.2. The second-order valence-electron chi connectivity index (χ2n) is 8.10. The van der Waals surface area contributed by atoms with Crippen LogP contribution in [0.5, 0.6) is 0 Å². The molecule has 1 aromatic heterocycles. The van der Waals surface area contributed by atoms with E-state index in [0.717, 1.165) is 57.2 Å². The minimum Gasteiger partial charge on any atom is -0.468 e. The molecule has 3 rings (SSSR count). The van der Waals surface area contributed by atoms with Crippen LogP contribution in [0.3, 0.4) is 0 Å². The smallest absolute Gasteiger partial charge is 0.225 e. The van der Waals surface area contributed by atoms with Crippen molar-refractivity contribution in [3.05, 3.63) is 24.2 Å². The first kappa shape index (κ1) is 21.7. The van der Waals surface area contributed by atoms with E-state index in [-0.39, 0.29) is 18.0 Å². The maximum Gasteiger partial charge on any atom is 0.225 e. The van der Waals surface area contributed by atoms with E-state index in [0.29, 0.717) is 12.5 Å². The van der Waals surface area contributed by atoms with Gasteiger partial charge < -0.3 is 20.0 Å². The molecule has 7 nitrogen and oxygen atoms in total. The van der Waals surface area contributed by atoms with Crippen LogP contribution < -0.4 is 10.6 Å². The summed E-state index contributed by atoms with van der Waals surface area (Å²) in [5.74, 6) is 2.36. The van der Waals surface area contributed by atoms with Crippen molar-refractivity contribution < 1.29 is 9.21 Å². The number of nitrogens with zero attached hydrogens (tertiary/aromatic N) is 3. The van der Waals surface area contributed by atoms with Gasteiger partial charge in [0.25, 0.3) is 0 Å². The molecule has 162 valence electrons. The fourth-order valence-electron chi connectivity index (χ4n) is 4.65. The van der Waals surface area contributed by atoms with Crippen LogP contribution in [-0.2, 0) is 4.79 Å². The number of carbonyl (C=O) groups excluding carboxylic acids is 1. The molecule has 2 heterocycles. The molecule has 2 N–H and O–H groups in total. The SMILES string of the molecule is CCN(CC)C(CNC(=NC)NC1CCN(C(=O)C2CCCC2)C1)c1ccco1. The molecule has 2 aliphatic rings. The molecule has 1 aliphatic carbocycles. The van der Waals surface area contributed by atoms with Crippen LogP contribution in [0.2, 0.25) is 0 Å². The van der Waals surface area contributed by atoms with Gasteiger partial charge in [0, 0.05) is 38.6 Å². The van der Waals surface area contributed by atoms with Crippen LogP contribution in [0.1, 0.15) is 57.8 Å². The Bertz CT molecular complexity index is 650. The van der Waals surface area contributed by atoms with Crippen molar-refractivity contribution in [2.75, 3.05) is 39.8 Å². The molecule has 0 spiro atoms. The average Bonchev–Trinajstić information content (AvgIpc) is 3.51. The van der Waals surface area contributed by atoms with Crippen molar-refractivity contribution in [1.29, 1.82) is 0 Å². The van der Waals surface area contributed by atoms with Gasteiger partial charge in [-0.1, -0.05) is 26.7 Å². The number of furan rings is 1. The van der Waals surface area contributed by atoms with Crippen molar-refractivity contribution in [2.45, 2.75) is 58.0 Å². The second-order valence-corrected chi connectivity index (χ2v) is 8.10. The quantitative estimate of drug-likeness (QED) is 0.516. The van der Waals surface area contributed by atoms with Gasteiger partial charge in [0.1, 0.15) is 5.76 Å². The summed E-state index contributed by atoms with van der Waals surface area (Å²) in [5, 5.41) is 6.98. The maximum atomic E-state index is 12.7. The highest BCUT2D eigenvalue weighted by Gasteiger charge is 2.32. The summed E-state index contributed by atoms with van der Waals surface area (Å²) < 4.78 is 5.68. The highest BCUT2D eigenvalue weighted by Crippen LogP contribution is 2.28. The Morgan fingerprint density at radius 2 is 2.07 bits per heavy atom. The van der Waals surface area contributed by atoms with Crippen LogP contribution in [0.25, 0.3) is 0 Å². The predicted molar refractivity (Wildman–Crippen MR) is 116 cm³/mol. The minimum absolute atomic E-state index is 0.155. The van der Waals surface area contributed by atoms with Crippen molar-refractivity contribution in [1.82, 2.24) is 20.4 Å². The third-order valence-corrected chi connectivity index (χ3v) is 6.36. The summed E-state index contributed by atoms with van der Waals surface area (Å²) in [6.07, 6.45) is 7.23. The van der Waals surface area contributed by atoms with Gasteiger partial charge in [0.05, 0.1) is 12.3 Å². The van der Waals surface area contributed by atoms with E-state index in [2.05, 4.69) is 34.4 Å².